The molecule has 0 aliphatic heterocycles. The minimum Gasteiger partial charge on any atom is -0.344 e. The van der Waals surface area contributed by atoms with Gasteiger partial charge in [0.2, 0.25) is 0 Å². The third-order valence-corrected chi connectivity index (χ3v) is 8.60. The van der Waals surface area contributed by atoms with Crippen LogP contribution in [0.2, 0.25) is 0 Å². The van der Waals surface area contributed by atoms with Crippen LogP contribution in [0.5, 0.6) is 0 Å². The summed E-state index contributed by atoms with van der Waals surface area (Å²) < 4.78 is 2.36. The van der Waals surface area contributed by atoms with Crippen molar-refractivity contribution in [2.75, 3.05) is 0 Å². The summed E-state index contributed by atoms with van der Waals surface area (Å²) in [5.74, 6) is 0.347. The molecule has 0 N–H and O–H groups in total. The molecule has 35 heavy (non-hydrogen) atoms. The monoisotopic (exact) mass is 459 g/mol. The summed E-state index contributed by atoms with van der Waals surface area (Å²) in [6, 6.07) is 33.5. The number of hydrogen-bond acceptors (Lipinski definition) is 0. The predicted octanol–water partition coefficient (Wildman–Crippen LogP) is 9.05. The largest absolute Gasteiger partial charge is 0.344 e. The Balaban J connectivity index is 1.90. The van der Waals surface area contributed by atoms with Crippen LogP contribution in [0.1, 0.15) is 68.4 Å². The molecule has 4 aromatic carbocycles. The van der Waals surface area contributed by atoms with Gasteiger partial charge in [-0.1, -0.05) is 113 Å². The van der Waals surface area contributed by atoms with Gasteiger partial charge in [0.25, 0.3) is 0 Å². The van der Waals surface area contributed by atoms with Crippen LogP contribution in [0.4, 0.5) is 0 Å². The van der Waals surface area contributed by atoms with Crippen LogP contribution in [-0.4, -0.2) is 4.57 Å². The molecule has 0 saturated heterocycles. The normalized spacial score (nSPS) is 13.5. The number of hydrogen-bond donors (Lipinski definition) is 0. The highest BCUT2D eigenvalue weighted by Crippen LogP contribution is 2.49. The number of aromatic nitrogens is 1. The zero-order chi connectivity index (χ0) is 25.0. The third kappa shape index (κ3) is 3.60. The summed E-state index contributed by atoms with van der Waals surface area (Å²) in [6.07, 6.45) is 0. The van der Waals surface area contributed by atoms with E-state index in [2.05, 4.69) is 144 Å². The minimum atomic E-state index is -0.139. The molecule has 5 rings (SSSR count). The summed E-state index contributed by atoms with van der Waals surface area (Å²) in [5.41, 5.74) is 9.37. The molecule has 1 heterocycles. The van der Waals surface area contributed by atoms with Gasteiger partial charge < -0.3 is 4.57 Å². The molecule has 1 atom stereocenters. The zero-order valence-electron chi connectivity index (χ0n) is 22.2. The van der Waals surface area contributed by atoms with Gasteiger partial charge in [-0.15, -0.1) is 0 Å². The Morgan fingerprint density at radius 2 is 1.29 bits per heavy atom. The third-order valence-electron chi connectivity index (χ3n) is 8.60. The summed E-state index contributed by atoms with van der Waals surface area (Å²) in [4.78, 5) is 0. The van der Waals surface area contributed by atoms with Crippen molar-refractivity contribution in [3.8, 4) is 0 Å². The highest BCUT2D eigenvalue weighted by atomic mass is 14.9. The van der Waals surface area contributed by atoms with E-state index in [1.807, 2.05) is 0 Å². The van der Waals surface area contributed by atoms with Crippen molar-refractivity contribution in [2.45, 2.75) is 58.3 Å². The molecule has 0 saturated carbocycles. The first-order chi connectivity index (χ1) is 16.7. The number of para-hydroxylation sites is 1. The quantitative estimate of drug-likeness (QED) is 0.247. The SMILES string of the molecule is Cc1ccccc1C(C)(C)c1ccc2c(c1C(C)(C)C(C)c1ccccc1)c1ccccc1n2C. The number of fused-ring (bicyclic) bond motifs is 3. The molecule has 1 heteroatoms. The van der Waals surface area contributed by atoms with Crippen molar-refractivity contribution in [3.05, 3.63) is 119 Å². The molecule has 0 radical (unpaired) electrons. The predicted molar refractivity (Wildman–Crippen MR) is 152 cm³/mol. The average molecular weight is 460 g/mol. The van der Waals surface area contributed by atoms with Gasteiger partial charge in [0.15, 0.2) is 0 Å². The van der Waals surface area contributed by atoms with E-state index in [1.54, 1.807) is 0 Å². The second-order valence-corrected chi connectivity index (χ2v) is 11.3. The van der Waals surface area contributed by atoms with Crippen LogP contribution in [-0.2, 0) is 17.9 Å². The lowest BCUT2D eigenvalue weighted by Gasteiger charge is -2.40. The summed E-state index contributed by atoms with van der Waals surface area (Å²) in [6.45, 7) is 14.3. The van der Waals surface area contributed by atoms with Gasteiger partial charge in [-0.05, 0) is 58.2 Å². The minimum absolute atomic E-state index is 0.0969. The van der Waals surface area contributed by atoms with Gasteiger partial charge in [-0.2, -0.15) is 0 Å². The molecule has 1 nitrogen and oxygen atoms in total. The van der Waals surface area contributed by atoms with Crippen LogP contribution in [0.3, 0.4) is 0 Å². The van der Waals surface area contributed by atoms with Gasteiger partial charge in [0.05, 0.1) is 0 Å². The van der Waals surface area contributed by atoms with Gasteiger partial charge in [-0.3, -0.25) is 0 Å². The van der Waals surface area contributed by atoms with E-state index in [1.165, 1.54) is 49.6 Å². The standard InChI is InChI=1S/C34H37N/c1-23-15-11-13-19-27(23)34(5,6)28-21-22-30-31(26-18-12-14-20-29(26)35(30)7)32(28)33(3,4)24(2)25-16-9-8-10-17-25/h8-22,24H,1-7H3. The topological polar surface area (TPSA) is 4.93 Å². The van der Waals surface area contributed by atoms with E-state index in [0.717, 1.165) is 0 Å². The fourth-order valence-electron chi connectivity index (χ4n) is 6.24. The smallest absolute Gasteiger partial charge is 0.0491 e. The molecule has 1 unspecified atom stereocenters. The Hall–Kier alpha value is -3.32. The molecular formula is C34H37N. The Morgan fingerprint density at radius 1 is 0.657 bits per heavy atom. The summed E-state index contributed by atoms with van der Waals surface area (Å²) in [5, 5.41) is 2.74. The Bertz CT molecular complexity index is 1520. The molecule has 178 valence electrons. The van der Waals surface area contributed by atoms with E-state index in [9.17, 15) is 0 Å². The zero-order valence-corrected chi connectivity index (χ0v) is 22.2. The molecule has 5 aromatic rings. The molecule has 0 aliphatic rings. The molecule has 1 aromatic heterocycles. The maximum absolute atomic E-state index is 2.44. The molecule has 0 spiro atoms. The van der Waals surface area contributed by atoms with Crippen LogP contribution < -0.4 is 0 Å². The Labute approximate surface area is 210 Å². The van der Waals surface area contributed by atoms with E-state index in [4.69, 9.17) is 0 Å². The maximum atomic E-state index is 2.44. The van der Waals surface area contributed by atoms with Crippen LogP contribution in [0.15, 0.2) is 91.0 Å². The molecule has 0 fully saturated rings. The van der Waals surface area contributed by atoms with Crippen molar-refractivity contribution in [2.24, 2.45) is 7.05 Å². The van der Waals surface area contributed by atoms with Crippen molar-refractivity contribution in [3.63, 3.8) is 0 Å². The highest BCUT2D eigenvalue weighted by Gasteiger charge is 2.38. The van der Waals surface area contributed by atoms with Crippen LogP contribution in [0, 0.1) is 6.92 Å². The van der Waals surface area contributed by atoms with E-state index in [-0.39, 0.29) is 10.8 Å². The van der Waals surface area contributed by atoms with Crippen molar-refractivity contribution in [1.29, 1.82) is 0 Å². The van der Waals surface area contributed by atoms with Crippen molar-refractivity contribution < 1.29 is 0 Å². The van der Waals surface area contributed by atoms with Gasteiger partial charge >= 0.3 is 0 Å². The molecule has 0 amide bonds. The van der Waals surface area contributed by atoms with Crippen molar-refractivity contribution >= 4 is 21.8 Å². The first-order valence-corrected chi connectivity index (χ1v) is 12.8. The second kappa shape index (κ2) is 8.41. The number of rotatable bonds is 5. The fraction of sp³-hybridized carbons (Fsp3) is 0.294. The second-order valence-electron chi connectivity index (χ2n) is 11.3. The summed E-state index contributed by atoms with van der Waals surface area (Å²) in [7, 11) is 2.20. The van der Waals surface area contributed by atoms with E-state index >= 15 is 0 Å². The first kappa shape index (κ1) is 23.4. The fourth-order valence-corrected chi connectivity index (χ4v) is 6.24. The lowest BCUT2D eigenvalue weighted by Crippen LogP contribution is -2.31. The lowest BCUT2D eigenvalue weighted by atomic mass is 9.64. The Kier molecular flexibility index (Phi) is 5.63. The number of aryl methyl sites for hydroxylation is 2. The maximum Gasteiger partial charge on any atom is 0.0491 e. The van der Waals surface area contributed by atoms with Gasteiger partial charge in [0, 0.05) is 34.3 Å². The van der Waals surface area contributed by atoms with Crippen LogP contribution in [0.25, 0.3) is 21.8 Å². The van der Waals surface area contributed by atoms with E-state index < -0.39 is 0 Å². The highest BCUT2D eigenvalue weighted by molar-refractivity contribution is 6.10. The number of nitrogens with zero attached hydrogens (tertiary/aromatic N) is 1. The average Bonchev–Trinajstić information content (AvgIpc) is 3.15. The Morgan fingerprint density at radius 3 is 2.00 bits per heavy atom. The van der Waals surface area contributed by atoms with E-state index in [0.29, 0.717) is 5.92 Å². The van der Waals surface area contributed by atoms with Gasteiger partial charge in [-0.25, -0.2) is 0 Å². The number of benzene rings is 4. The van der Waals surface area contributed by atoms with Crippen molar-refractivity contribution in [1.82, 2.24) is 4.57 Å². The van der Waals surface area contributed by atoms with Crippen LogP contribution >= 0.6 is 0 Å². The molecular weight excluding hydrogens is 422 g/mol. The molecule has 0 bridgehead atoms. The first-order valence-electron chi connectivity index (χ1n) is 12.8. The summed E-state index contributed by atoms with van der Waals surface area (Å²) >= 11 is 0. The lowest BCUT2D eigenvalue weighted by molar-refractivity contribution is 0.429. The van der Waals surface area contributed by atoms with Gasteiger partial charge in [0.1, 0.15) is 0 Å². The molecule has 0 aliphatic carbocycles.